The summed E-state index contributed by atoms with van der Waals surface area (Å²) in [5.41, 5.74) is 4.02. The molecule has 0 unspecified atom stereocenters. The molecule has 8 heteroatoms. The standard InChI is InChI=1S/C13H10FN3O4/c14-8-3-1-7(2-4-8)10-5-9(13(20)21)12(19)17(16-10)6-11(15)18/h1-5H,6H2,(H2,15,18)(H,20,21). The van der Waals surface area contributed by atoms with Gasteiger partial charge in [-0.25, -0.2) is 13.9 Å². The number of carbonyl (C=O) groups is 2. The highest BCUT2D eigenvalue weighted by Gasteiger charge is 2.16. The number of carboxylic acid groups (broad SMARTS) is 1. The molecule has 1 heterocycles. The molecule has 3 N–H and O–H groups in total. The van der Waals surface area contributed by atoms with Crippen molar-refractivity contribution >= 4 is 11.9 Å². The van der Waals surface area contributed by atoms with E-state index in [4.69, 9.17) is 10.8 Å². The third-order valence-corrected chi connectivity index (χ3v) is 2.65. The summed E-state index contributed by atoms with van der Waals surface area (Å²) in [6, 6.07) is 6.15. The maximum absolute atomic E-state index is 12.9. The Morgan fingerprint density at radius 1 is 1.29 bits per heavy atom. The molecule has 0 saturated heterocycles. The van der Waals surface area contributed by atoms with Gasteiger partial charge in [0.15, 0.2) is 0 Å². The summed E-state index contributed by atoms with van der Waals surface area (Å²) in [6.07, 6.45) is 0. The molecule has 2 aromatic rings. The van der Waals surface area contributed by atoms with Crippen molar-refractivity contribution in [3.8, 4) is 11.3 Å². The lowest BCUT2D eigenvalue weighted by Gasteiger charge is -2.07. The number of carbonyl (C=O) groups excluding carboxylic acids is 1. The van der Waals surface area contributed by atoms with Crippen LogP contribution < -0.4 is 11.3 Å². The number of benzene rings is 1. The maximum atomic E-state index is 12.9. The van der Waals surface area contributed by atoms with Gasteiger partial charge in [0.1, 0.15) is 17.9 Å². The number of hydrogen-bond acceptors (Lipinski definition) is 4. The molecule has 0 fully saturated rings. The zero-order chi connectivity index (χ0) is 15.6. The lowest BCUT2D eigenvalue weighted by Crippen LogP contribution is -2.33. The number of carboxylic acids is 1. The Kier molecular flexibility index (Phi) is 3.79. The van der Waals surface area contributed by atoms with Crippen molar-refractivity contribution in [3.63, 3.8) is 0 Å². The molecule has 0 aliphatic carbocycles. The van der Waals surface area contributed by atoms with Crippen molar-refractivity contribution < 1.29 is 19.1 Å². The molecule has 0 bridgehead atoms. The average Bonchev–Trinajstić information content (AvgIpc) is 2.41. The van der Waals surface area contributed by atoms with E-state index in [-0.39, 0.29) is 5.69 Å². The predicted molar refractivity (Wildman–Crippen MR) is 70.0 cm³/mol. The summed E-state index contributed by atoms with van der Waals surface area (Å²) >= 11 is 0. The van der Waals surface area contributed by atoms with E-state index in [0.29, 0.717) is 10.2 Å². The highest BCUT2D eigenvalue weighted by molar-refractivity contribution is 5.88. The third kappa shape index (κ3) is 3.11. The zero-order valence-corrected chi connectivity index (χ0v) is 10.6. The van der Waals surface area contributed by atoms with Gasteiger partial charge in [0, 0.05) is 5.56 Å². The smallest absolute Gasteiger partial charge is 0.341 e. The lowest BCUT2D eigenvalue weighted by atomic mass is 10.1. The molecule has 0 radical (unpaired) electrons. The van der Waals surface area contributed by atoms with E-state index < -0.39 is 35.4 Å². The van der Waals surface area contributed by atoms with Crippen molar-refractivity contribution in [1.29, 1.82) is 0 Å². The van der Waals surface area contributed by atoms with Gasteiger partial charge in [0.2, 0.25) is 5.91 Å². The van der Waals surface area contributed by atoms with Crippen molar-refractivity contribution in [2.24, 2.45) is 5.73 Å². The van der Waals surface area contributed by atoms with Gasteiger partial charge in [-0.1, -0.05) is 0 Å². The second-order valence-electron chi connectivity index (χ2n) is 4.18. The first kappa shape index (κ1) is 14.4. The van der Waals surface area contributed by atoms with Gasteiger partial charge in [-0.3, -0.25) is 9.59 Å². The van der Waals surface area contributed by atoms with Gasteiger partial charge < -0.3 is 10.8 Å². The van der Waals surface area contributed by atoms with Crippen LogP contribution in [0.4, 0.5) is 4.39 Å². The Morgan fingerprint density at radius 3 is 2.43 bits per heavy atom. The molecule has 0 saturated carbocycles. The van der Waals surface area contributed by atoms with Gasteiger partial charge in [-0.2, -0.15) is 5.10 Å². The summed E-state index contributed by atoms with van der Waals surface area (Å²) in [4.78, 5) is 33.8. The fourth-order valence-corrected chi connectivity index (χ4v) is 1.71. The predicted octanol–water partition coefficient (Wildman–Crippen LogP) is 0.233. The van der Waals surface area contributed by atoms with Crippen LogP contribution in [0.25, 0.3) is 11.3 Å². The summed E-state index contributed by atoms with van der Waals surface area (Å²) in [6.45, 7) is -0.547. The van der Waals surface area contributed by atoms with E-state index >= 15 is 0 Å². The number of rotatable bonds is 4. The summed E-state index contributed by atoms with van der Waals surface area (Å²) in [7, 11) is 0. The van der Waals surface area contributed by atoms with Crippen LogP contribution in [0.1, 0.15) is 10.4 Å². The van der Waals surface area contributed by atoms with Gasteiger partial charge in [-0.05, 0) is 30.3 Å². The van der Waals surface area contributed by atoms with Crippen LogP contribution in [-0.4, -0.2) is 26.8 Å². The Hall–Kier alpha value is -3.03. The first-order valence-corrected chi connectivity index (χ1v) is 5.78. The molecular formula is C13H10FN3O4. The molecule has 21 heavy (non-hydrogen) atoms. The van der Waals surface area contributed by atoms with Crippen LogP contribution in [0.3, 0.4) is 0 Å². The van der Waals surface area contributed by atoms with Gasteiger partial charge in [-0.15, -0.1) is 0 Å². The first-order chi connectivity index (χ1) is 9.88. The monoisotopic (exact) mass is 291 g/mol. The summed E-state index contributed by atoms with van der Waals surface area (Å²) in [5, 5.41) is 12.9. The van der Waals surface area contributed by atoms with E-state index in [1.807, 2.05) is 0 Å². The third-order valence-electron chi connectivity index (χ3n) is 2.65. The average molecular weight is 291 g/mol. The van der Waals surface area contributed by atoms with E-state index in [1.54, 1.807) is 0 Å². The molecule has 1 aromatic heterocycles. The second kappa shape index (κ2) is 5.53. The largest absolute Gasteiger partial charge is 0.477 e. The fourth-order valence-electron chi connectivity index (χ4n) is 1.71. The molecule has 0 aliphatic heterocycles. The van der Waals surface area contributed by atoms with Gasteiger partial charge in [0.25, 0.3) is 5.56 Å². The van der Waals surface area contributed by atoms with E-state index in [9.17, 15) is 18.8 Å². The number of hydrogen-bond donors (Lipinski definition) is 2. The molecule has 0 spiro atoms. The first-order valence-electron chi connectivity index (χ1n) is 5.78. The van der Waals surface area contributed by atoms with Crippen molar-refractivity contribution in [2.75, 3.05) is 0 Å². The minimum atomic E-state index is -1.45. The molecule has 0 atom stereocenters. The van der Waals surface area contributed by atoms with E-state index in [0.717, 1.165) is 6.07 Å². The normalized spacial score (nSPS) is 10.3. The Balaban J connectivity index is 2.63. The molecule has 7 nitrogen and oxygen atoms in total. The van der Waals surface area contributed by atoms with Crippen LogP contribution in [0.2, 0.25) is 0 Å². The highest BCUT2D eigenvalue weighted by atomic mass is 19.1. The molecule has 1 aromatic carbocycles. The van der Waals surface area contributed by atoms with E-state index in [1.165, 1.54) is 24.3 Å². The summed E-state index contributed by atoms with van der Waals surface area (Å²) < 4.78 is 13.6. The molecule has 2 rings (SSSR count). The number of halogens is 1. The van der Waals surface area contributed by atoms with Crippen LogP contribution in [0.5, 0.6) is 0 Å². The fraction of sp³-hybridized carbons (Fsp3) is 0.0769. The minimum absolute atomic E-state index is 0.119. The van der Waals surface area contributed by atoms with Crippen LogP contribution in [0, 0.1) is 5.82 Å². The number of nitrogens with two attached hydrogens (primary N) is 1. The van der Waals surface area contributed by atoms with Crippen molar-refractivity contribution in [3.05, 3.63) is 52.1 Å². The molecule has 1 amide bonds. The van der Waals surface area contributed by atoms with Gasteiger partial charge in [0.05, 0.1) is 5.69 Å². The zero-order valence-electron chi connectivity index (χ0n) is 10.6. The lowest BCUT2D eigenvalue weighted by molar-refractivity contribution is -0.118. The second-order valence-corrected chi connectivity index (χ2v) is 4.18. The Bertz CT molecular complexity index is 768. The number of primary amides is 1. The van der Waals surface area contributed by atoms with Gasteiger partial charge >= 0.3 is 5.97 Å². The number of aromatic nitrogens is 2. The van der Waals surface area contributed by atoms with Crippen molar-refractivity contribution in [2.45, 2.75) is 6.54 Å². The van der Waals surface area contributed by atoms with Crippen LogP contribution >= 0.6 is 0 Å². The molecular weight excluding hydrogens is 281 g/mol. The summed E-state index contributed by atoms with van der Waals surface area (Å²) in [5.74, 6) is -2.76. The minimum Gasteiger partial charge on any atom is -0.477 e. The maximum Gasteiger partial charge on any atom is 0.341 e. The number of amides is 1. The SMILES string of the molecule is NC(=O)Cn1nc(-c2ccc(F)cc2)cc(C(=O)O)c1=O. The van der Waals surface area contributed by atoms with Crippen LogP contribution in [-0.2, 0) is 11.3 Å². The molecule has 108 valence electrons. The molecule has 0 aliphatic rings. The quantitative estimate of drug-likeness (QED) is 0.836. The van der Waals surface area contributed by atoms with E-state index in [2.05, 4.69) is 5.10 Å². The number of aromatic carboxylic acids is 1. The van der Waals surface area contributed by atoms with Crippen LogP contribution in [0.15, 0.2) is 35.1 Å². The highest BCUT2D eigenvalue weighted by Crippen LogP contribution is 2.17. The number of nitrogens with zero attached hydrogens (tertiary/aromatic N) is 2. The Morgan fingerprint density at radius 2 is 1.90 bits per heavy atom. The van der Waals surface area contributed by atoms with Crippen molar-refractivity contribution in [1.82, 2.24) is 9.78 Å². The Labute approximate surface area is 117 Å². The topological polar surface area (TPSA) is 115 Å².